The van der Waals surface area contributed by atoms with Crippen LogP contribution in [-0.4, -0.2) is 60.7 Å². The van der Waals surface area contributed by atoms with Gasteiger partial charge in [-0.05, 0) is 24.2 Å². The van der Waals surface area contributed by atoms with E-state index in [2.05, 4.69) is 20.9 Å². The minimum atomic E-state index is -0.328. The van der Waals surface area contributed by atoms with E-state index in [9.17, 15) is 4.79 Å². The van der Waals surface area contributed by atoms with Crippen LogP contribution >= 0.6 is 0 Å². The van der Waals surface area contributed by atoms with Crippen LogP contribution in [0.4, 0.5) is 5.95 Å². The number of amides is 1. The fourth-order valence-corrected chi connectivity index (χ4v) is 2.88. The maximum absolute atomic E-state index is 11.0. The summed E-state index contributed by atoms with van der Waals surface area (Å²) in [4.78, 5) is 24.0. The van der Waals surface area contributed by atoms with Gasteiger partial charge in [0, 0.05) is 37.6 Å². The number of likely N-dealkylation sites (N-methyl/N-ethyl adjacent to an activating group) is 1. The second-order valence-electron chi connectivity index (χ2n) is 6.21. The van der Waals surface area contributed by atoms with Crippen molar-refractivity contribution in [3.63, 3.8) is 0 Å². The van der Waals surface area contributed by atoms with Crippen LogP contribution in [0.2, 0.25) is 0 Å². The molecule has 0 aliphatic carbocycles. The Morgan fingerprint density at radius 1 is 1.24 bits per heavy atom. The summed E-state index contributed by atoms with van der Waals surface area (Å²) in [6, 6.07) is 8.15. The number of carbonyl (C=O) groups excluding carboxylic acids is 1. The van der Waals surface area contributed by atoms with Crippen molar-refractivity contribution in [1.82, 2.24) is 14.9 Å². The van der Waals surface area contributed by atoms with Crippen molar-refractivity contribution in [3.8, 4) is 11.1 Å². The van der Waals surface area contributed by atoms with Crippen LogP contribution < -0.4 is 10.6 Å². The monoisotopic (exact) mass is 341 g/mol. The maximum Gasteiger partial charge on any atom is 0.231 e. The van der Waals surface area contributed by atoms with Gasteiger partial charge in [-0.15, -0.1) is 0 Å². The fraction of sp³-hybridized carbons (Fsp3) is 0.389. The van der Waals surface area contributed by atoms with Crippen LogP contribution in [0.5, 0.6) is 0 Å². The Balaban J connectivity index is 1.71. The van der Waals surface area contributed by atoms with E-state index in [0.29, 0.717) is 19.8 Å². The largest absolute Gasteiger partial charge is 0.378 e. The molecule has 3 rings (SSSR count). The highest BCUT2D eigenvalue weighted by Gasteiger charge is 2.13. The average Bonchev–Trinajstić information content (AvgIpc) is 2.62. The van der Waals surface area contributed by atoms with Crippen LogP contribution in [0.15, 0.2) is 36.7 Å². The molecule has 1 aromatic carbocycles. The number of anilines is 1. The van der Waals surface area contributed by atoms with Gasteiger partial charge in [0.15, 0.2) is 0 Å². The molecule has 0 unspecified atom stereocenters. The summed E-state index contributed by atoms with van der Waals surface area (Å²) in [6.45, 7) is 3.96. The summed E-state index contributed by atoms with van der Waals surface area (Å²) in [5.41, 5.74) is 8.37. The van der Waals surface area contributed by atoms with Crippen molar-refractivity contribution in [3.05, 3.63) is 42.2 Å². The quantitative estimate of drug-likeness (QED) is 0.840. The molecule has 1 fully saturated rings. The van der Waals surface area contributed by atoms with E-state index in [1.54, 1.807) is 0 Å². The summed E-state index contributed by atoms with van der Waals surface area (Å²) >= 11 is 0. The Bertz CT molecular complexity index is 714. The molecule has 2 aromatic rings. The van der Waals surface area contributed by atoms with Gasteiger partial charge < -0.3 is 15.4 Å². The number of carbonyl (C=O) groups is 1. The molecule has 2 N–H and O–H groups in total. The molecule has 7 heteroatoms. The highest BCUT2D eigenvalue weighted by Crippen LogP contribution is 2.21. The first-order chi connectivity index (χ1) is 12.1. The molecule has 7 nitrogen and oxygen atoms in total. The van der Waals surface area contributed by atoms with Crippen LogP contribution in [-0.2, 0) is 16.1 Å². The standard InChI is InChI=1S/C18H23N5O2/c1-22(13-17(19)24)12-14-3-2-4-15(9-14)16-10-20-18(21-11-16)23-5-7-25-8-6-23/h2-4,9-11H,5-8,12-13H2,1H3,(H2,19,24). The third-order valence-electron chi connectivity index (χ3n) is 4.07. The predicted octanol–water partition coefficient (Wildman–Crippen LogP) is 0.897. The summed E-state index contributed by atoms with van der Waals surface area (Å²) in [6.07, 6.45) is 3.70. The topological polar surface area (TPSA) is 84.6 Å². The molecule has 1 aliphatic heterocycles. The molecule has 1 aromatic heterocycles. The summed E-state index contributed by atoms with van der Waals surface area (Å²) in [5.74, 6) is 0.412. The van der Waals surface area contributed by atoms with E-state index < -0.39 is 0 Å². The summed E-state index contributed by atoms with van der Waals surface area (Å²) in [5, 5.41) is 0. The number of benzene rings is 1. The van der Waals surface area contributed by atoms with Crippen molar-refractivity contribution in [1.29, 1.82) is 0 Å². The Labute approximate surface area is 147 Å². The van der Waals surface area contributed by atoms with Crippen molar-refractivity contribution in [2.45, 2.75) is 6.54 Å². The second kappa shape index (κ2) is 8.04. The van der Waals surface area contributed by atoms with Gasteiger partial charge in [0.2, 0.25) is 11.9 Å². The third-order valence-corrected chi connectivity index (χ3v) is 4.07. The van der Waals surface area contributed by atoms with Crippen molar-refractivity contribution in [2.24, 2.45) is 5.73 Å². The SMILES string of the molecule is CN(CC(N)=O)Cc1cccc(-c2cnc(N3CCOCC3)nc2)c1. The highest BCUT2D eigenvalue weighted by molar-refractivity contribution is 5.75. The highest BCUT2D eigenvalue weighted by atomic mass is 16.5. The Hall–Kier alpha value is -2.51. The van der Waals surface area contributed by atoms with E-state index in [0.717, 1.165) is 35.7 Å². The van der Waals surface area contributed by atoms with Crippen LogP contribution in [0, 0.1) is 0 Å². The lowest BCUT2D eigenvalue weighted by Crippen LogP contribution is -2.37. The van der Waals surface area contributed by atoms with Gasteiger partial charge >= 0.3 is 0 Å². The normalized spacial score (nSPS) is 14.7. The van der Waals surface area contributed by atoms with Gasteiger partial charge in [-0.25, -0.2) is 9.97 Å². The number of hydrogen-bond donors (Lipinski definition) is 1. The van der Waals surface area contributed by atoms with Crippen LogP contribution in [0.1, 0.15) is 5.56 Å². The molecular weight excluding hydrogens is 318 g/mol. The first kappa shape index (κ1) is 17.3. The number of morpholine rings is 1. The summed E-state index contributed by atoms with van der Waals surface area (Å²) < 4.78 is 5.35. The van der Waals surface area contributed by atoms with Crippen molar-refractivity contribution in [2.75, 3.05) is 44.8 Å². The minimum absolute atomic E-state index is 0.238. The zero-order valence-electron chi connectivity index (χ0n) is 14.4. The molecule has 0 atom stereocenters. The lowest BCUT2D eigenvalue weighted by Gasteiger charge is -2.26. The van der Waals surface area contributed by atoms with Gasteiger partial charge in [-0.3, -0.25) is 9.69 Å². The predicted molar refractivity (Wildman–Crippen MR) is 96.0 cm³/mol. The molecule has 0 radical (unpaired) electrons. The molecule has 1 aliphatic rings. The number of ether oxygens (including phenoxy) is 1. The van der Waals surface area contributed by atoms with Crippen molar-refractivity contribution >= 4 is 11.9 Å². The zero-order chi connectivity index (χ0) is 17.6. The molecule has 1 saturated heterocycles. The van der Waals surface area contributed by atoms with Gasteiger partial charge in [0.05, 0.1) is 19.8 Å². The van der Waals surface area contributed by atoms with Crippen LogP contribution in [0.25, 0.3) is 11.1 Å². The Morgan fingerprint density at radius 2 is 1.96 bits per heavy atom. The van der Waals surface area contributed by atoms with E-state index >= 15 is 0 Å². The lowest BCUT2D eigenvalue weighted by molar-refractivity contribution is -0.118. The van der Waals surface area contributed by atoms with Crippen molar-refractivity contribution < 1.29 is 9.53 Å². The molecule has 1 amide bonds. The minimum Gasteiger partial charge on any atom is -0.378 e. The number of rotatable bonds is 6. The number of primary amides is 1. The molecule has 2 heterocycles. The number of nitrogens with zero attached hydrogens (tertiary/aromatic N) is 4. The van der Waals surface area contributed by atoms with Gasteiger partial charge in [-0.1, -0.05) is 18.2 Å². The lowest BCUT2D eigenvalue weighted by atomic mass is 10.1. The Morgan fingerprint density at radius 3 is 2.64 bits per heavy atom. The molecule has 0 bridgehead atoms. The zero-order valence-corrected chi connectivity index (χ0v) is 14.4. The van der Waals surface area contributed by atoms with E-state index in [-0.39, 0.29) is 12.5 Å². The van der Waals surface area contributed by atoms with E-state index in [1.807, 2.05) is 42.5 Å². The van der Waals surface area contributed by atoms with E-state index in [4.69, 9.17) is 10.5 Å². The summed E-state index contributed by atoms with van der Waals surface area (Å²) in [7, 11) is 1.87. The molecule has 0 saturated carbocycles. The fourth-order valence-electron chi connectivity index (χ4n) is 2.88. The third kappa shape index (κ3) is 4.74. The second-order valence-corrected chi connectivity index (χ2v) is 6.21. The number of aromatic nitrogens is 2. The maximum atomic E-state index is 11.0. The van der Waals surface area contributed by atoms with Crippen LogP contribution in [0.3, 0.4) is 0 Å². The van der Waals surface area contributed by atoms with Gasteiger partial charge in [0.1, 0.15) is 0 Å². The molecule has 132 valence electrons. The number of hydrogen-bond acceptors (Lipinski definition) is 6. The van der Waals surface area contributed by atoms with Gasteiger partial charge in [-0.2, -0.15) is 0 Å². The first-order valence-corrected chi connectivity index (χ1v) is 8.33. The van der Waals surface area contributed by atoms with Gasteiger partial charge in [0.25, 0.3) is 0 Å². The molecule has 25 heavy (non-hydrogen) atoms. The molecule has 0 spiro atoms. The average molecular weight is 341 g/mol. The van der Waals surface area contributed by atoms with E-state index in [1.165, 1.54) is 0 Å². The first-order valence-electron chi connectivity index (χ1n) is 8.33. The smallest absolute Gasteiger partial charge is 0.231 e. The number of nitrogens with two attached hydrogens (primary N) is 1. The molecular formula is C18H23N5O2. The Kier molecular flexibility index (Phi) is 5.57.